The Balaban J connectivity index is 1.31. The number of amides is 2. The van der Waals surface area contributed by atoms with Crippen molar-refractivity contribution >= 4 is 6.03 Å². The molecule has 2 aromatic heterocycles. The average molecular weight is 380 g/mol. The summed E-state index contributed by atoms with van der Waals surface area (Å²) in [4.78, 5) is 18.7. The molecule has 0 spiro atoms. The van der Waals surface area contributed by atoms with Gasteiger partial charge in [0.2, 0.25) is 5.89 Å². The van der Waals surface area contributed by atoms with Crippen LogP contribution in [0.4, 0.5) is 4.79 Å². The highest BCUT2D eigenvalue weighted by molar-refractivity contribution is 5.74. The maximum absolute atomic E-state index is 12.5. The minimum Gasteiger partial charge on any atom is -0.339 e. The first-order chi connectivity index (χ1) is 13.6. The molecule has 0 saturated carbocycles. The number of para-hydroxylation sites is 1. The molecule has 3 heterocycles. The van der Waals surface area contributed by atoms with Crippen molar-refractivity contribution in [2.24, 2.45) is 0 Å². The molecule has 1 saturated heterocycles. The molecule has 0 bridgehead atoms. The molecule has 1 aliphatic rings. The second kappa shape index (κ2) is 7.84. The highest BCUT2D eigenvalue weighted by Gasteiger charge is 2.27. The molecule has 0 atom stereocenters. The molecule has 2 amide bonds. The third-order valence-corrected chi connectivity index (χ3v) is 5.13. The lowest BCUT2D eigenvalue weighted by Gasteiger charge is -2.30. The Morgan fingerprint density at radius 1 is 1.21 bits per heavy atom. The zero-order chi connectivity index (χ0) is 19.5. The van der Waals surface area contributed by atoms with Crippen molar-refractivity contribution in [3.05, 3.63) is 59.5 Å². The van der Waals surface area contributed by atoms with Crippen molar-refractivity contribution in [3.63, 3.8) is 0 Å². The van der Waals surface area contributed by atoms with Gasteiger partial charge in [-0.1, -0.05) is 23.4 Å². The highest BCUT2D eigenvalue weighted by atomic mass is 16.5. The highest BCUT2D eigenvalue weighted by Crippen LogP contribution is 2.26. The second-order valence-electron chi connectivity index (χ2n) is 7.12. The van der Waals surface area contributed by atoms with Gasteiger partial charge in [-0.2, -0.15) is 10.1 Å². The zero-order valence-electron chi connectivity index (χ0n) is 16.1. The molecule has 1 fully saturated rings. The number of piperidine rings is 1. The lowest BCUT2D eigenvalue weighted by molar-refractivity contribution is 0.175. The van der Waals surface area contributed by atoms with Crippen molar-refractivity contribution in [1.29, 1.82) is 0 Å². The van der Waals surface area contributed by atoms with E-state index in [2.05, 4.69) is 20.6 Å². The average Bonchev–Trinajstić information content (AvgIpc) is 3.32. The maximum Gasteiger partial charge on any atom is 0.317 e. The predicted molar refractivity (Wildman–Crippen MR) is 103 cm³/mol. The van der Waals surface area contributed by atoms with E-state index in [0.717, 1.165) is 29.8 Å². The van der Waals surface area contributed by atoms with E-state index in [0.29, 0.717) is 31.3 Å². The summed E-state index contributed by atoms with van der Waals surface area (Å²) in [6.07, 6.45) is 3.63. The van der Waals surface area contributed by atoms with Crippen molar-refractivity contribution in [3.8, 4) is 5.69 Å². The summed E-state index contributed by atoms with van der Waals surface area (Å²) >= 11 is 0. The lowest BCUT2D eigenvalue weighted by atomic mass is 9.97. The van der Waals surface area contributed by atoms with Crippen LogP contribution in [0.25, 0.3) is 5.69 Å². The molecular formula is C20H24N6O2. The van der Waals surface area contributed by atoms with Gasteiger partial charge >= 0.3 is 6.03 Å². The van der Waals surface area contributed by atoms with Crippen molar-refractivity contribution in [2.75, 3.05) is 13.1 Å². The lowest BCUT2D eigenvalue weighted by Crippen LogP contribution is -2.43. The summed E-state index contributed by atoms with van der Waals surface area (Å²) in [7, 11) is 0. The van der Waals surface area contributed by atoms with Crippen LogP contribution in [-0.2, 0) is 6.54 Å². The number of carbonyl (C=O) groups excluding carboxylic acids is 1. The third-order valence-electron chi connectivity index (χ3n) is 5.13. The van der Waals surface area contributed by atoms with E-state index < -0.39 is 0 Å². The molecular weight excluding hydrogens is 356 g/mol. The topological polar surface area (TPSA) is 89.1 Å². The number of likely N-dealkylation sites (tertiary alicyclic amines) is 1. The van der Waals surface area contributed by atoms with E-state index in [4.69, 9.17) is 4.52 Å². The summed E-state index contributed by atoms with van der Waals surface area (Å²) in [5, 5.41) is 11.4. The Morgan fingerprint density at radius 3 is 2.64 bits per heavy atom. The van der Waals surface area contributed by atoms with Gasteiger partial charge < -0.3 is 14.7 Å². The van der Waals surface area contributed by atoms with Crippen LogP contribution in [0.3, 0.4) is 0 Å². The van der Waals surface area contributed by atoms with E-state index in [-0.39, 0.29) is 11.9 Å². The number of nitrogens with zero attached hydrogens (tertiary/aromatic N) is 5. The van der Waals surface area contributed by atoms with Crippen LogP contribution in [0.15, 0.2) is 41.1 Å². The van der Waals surface area contributed by atoms with Crippen molar-refractivity contribution < 1.29 is 9.32 Å². The minimum atomic E-state index is -0.0491. The summed E-state index contributed by atoms with van der Waals surface area (Å²) < 4.78 is 7.11. The van der Waals surface area contributed by atoms with Gasteiger partial charge in [0.25, 0.3) is 0 Å². The molecule has 8 nitrogen and oxygen atoms in total. The fraction of sp³-hybridized carbons (Fsp3) is 0.400. The van der Waals surface area contributed by atoms with Gasteiger partial charge in [0.05, 0.1) is 11.4 Å². The maximum atomic E-state index is 12.5. The van der Waals surface area contributed by atoms with E-state index in [1.807, 2.05) is 60.0 Å². The summed E-state index contributed by atoms with van der Waals surface area (Å²) in [5.41, 5.74) is 2.92. The van der Waals surface area contributed by atoms with E-state index in [1.54, 1.807) is 0 Å². The fourth-order valence-electron chi connectivity index (χ4n) is 3.47. The number of hydrogen-bond acceptors (Lipinski definition) is 5. The van der Waals surface area contributed by atoms with Gasteiger partial charge in [-0.25, -0.2) is 9.48 Å². The second-order valence-corrected chi connectivity index (χ2v) is 7.12. The summed E-state index contributed by atoms with van der Waals surface area (Å²) in [5.74, 6) is 1.57. The Labute approximate surface area is 163 Å². The minimum absolute atomic E-state index is 0.0491. The molecule has 0 radical (unpaired) electrons. The first-order valence-electron chi connectivity index (χ1n) is 9.53. The van der Waals surface area contributed by atoms with Gasteiger partial charge in [-0.15, -0.1) is 0 Å². The first-order valence-corrected chi connectivity index (χ1v) is 9.53. The quantitative estimate of drug-likeness (QED) is 0.752. The largest absolute Gasteiger partial charge is 0.339 e. The number of hydrogen-bond donors (Lipinski definition) is 1. The Hall–Kier alpha value is -3.16. The fourth-order valence-corrected chi connectivity index (χ4v) is 3.47. The molecule has 28 heavy (non-hydrogen) atoms. The van der Waals surface area contributed by atoms with Crippen LogP contribution >= 0.6 is 0 Å². The molecule has 146 valence electrons. The molecule has 1 aliphatic heterocycles. The zero-order valence-corrected chi connectivity index (χ0v) is 16.1. The summed E-state index contributed by atoms with van der Waals surface area (Å²) in [6, 6.07) is 9.89. The monoisotopic (exact) mass is 380 g/mol. The van der Waals surface area contributed by atoms with E-state index in [9.17, 15) is 4.79 Å². The summed E-state index contributed by atoms with van der Waals surface area (Å²) in [6.45, 7) is 5.59. The standard InChI is InChI=1S/C20H24N6O2/c1-14-17(13-26(23-14)18-6-4-3-5-7-18)12-21-20(27)25-10-8-16(9-11-25)19-22-15(2)24-28-19/h3-7,13,16H,8-12H2,1-2H3,(H,21,27). The number of carbonyl (C=O) groups is 1. The molecule has 3 aromatic rings. The SMILES string of the molecule is Cc1noc(C2CCN(C(=O)NCc3cn(-c4ccccc4)nc3C)CC2)n1. The number of benzene rings is 1. The van der Waals surface area contributed by atoms with Crippen molar-refractivity contribution in [2.45, 2.75) is 39.2 Å². The smallest absolute Gasteiger partial charge is 0.317 e. The molecule has 1 N–H and O–H groups in total. The number of aryl methyl sites for hydroxylation is 2. The molecule has 4 rings (SSSR count). The number of aromatic nitrogens is 4. The molecule has 8 heteroatoms. The Morgan fingerprint density at radius 2 is 1.96 bits per heavy atom. The Kier molecular flexibility index (Phi) is 5.10. The normalized spacial score (nSPS) is 15.0. The van der Waals surface area contributed by atoms with Crippen LogP contribution < -0.4 is 5.32 Å². The first kappa shape index (κ1) is 18.2. The number of rotatable bonds is 4. The van der Waals surface area contributed by atoms with Gasteiger partial charge in [0.1, 0.15) is 0 Å². The Bertz CT molecular complexity index is 941. The van der Waals surface area contributed by atoms with Gasteiger partial charge in [0.15, 0.2) is 5.82 Å². The van der Waals surface area contributed by atoms with Crippen LogP contribution in [-0.4, -0.2) is 43.9 Å². The van der Waals surface area contributed by atoms with Gasteiger partial charge in [-0.05, 0) is 38.8 Å². The molecule has 0 aliphatic carbocycles. The van der Waals surface area contributed by atoms with E-state index >= 15 is 0 Å². The van der Waals surface area contributed by atoms with Gasteiger partial charge in [-0.3, -0.25) is 0 Å². The number of urea groups is 1. The molecule has 0 unspecified atom stereocenters. The van der Waals surface area contributed by atoms with Crippen LogP contribution in [0.2, 0.25) is 0 Å². The molecule has 1 aromatic carbocycles. The van der Waals surface area contributed by atoms with Crippen LogP contribution in [0.1, 0.15) is 41.7 Å². The number of nitrogens with one attached hydrogen (secondary N) is 1. The van der Waals surface area contributed by atoms with Crippen LogP contribution in [0.5, 0.6) is 0 Å². The van der Waals surface area contributed by atoms with Gasteiger partial charge in [0, 0.05) is 37.3 Å². The van der Waals surface area contributed by atoms with Crippen molar-refractivity contribution in [1.82, 2.24) is 30.1 Å². The predicted octanol–water partition coefficient (Wildman–Crippen LogP) is 2.96. The van der Waals surface area contributed by atoms with E-state index in [1.165, 1.54) is 0 Å². The van der Waals surface area contributed by atoms with Crippen LogP contribution in [0, 0.1) is 13.8 Å². The third kappa shape index (κ3) is 3.90.